The van der Waals surface area contributed by atoms with Crippen molar-refractivity contribution >= 4 is 18.0 Å². The van der Waals surface area contributed by atoms with E-state index in [-0.39, 0.29) is 11.8 Å². The molecule has 0 aliphatic carbocycles. The fourth-order valence-electron chi connectivity index (χ4n) is 1.95. The van der Waals surface area contributed by atoms with Crippen LogP contribution in [0.1, 0.15) is 66.6 Å². The molecule has 2 unspecified atom stereocenters. The van der Waals surface area contributed by atoms with Crippen molar-refractivity contribution in [1.82, 2.24) is 10.3 Å². The van der Waals surface area contributed by atoms with Crippen LogP contribution >= 0.6 is 0 Å². The summed E-state index contributed by atoms with van der Waals surface area (Å²) in [4.78, 5) is 28.2. The Labute approximate surface area is 148 Å². The number of oxazole rings is 1. The van der Waals surface area contributed by atoms with Gasteiger partial charge in [0.25, 0.3) is 5.91 Å². The Hall–Kier alpha value is -2.09. The summed E-state index contributed by atoms with van der Waals surface area (Å²) in [6.07, 6.45) is 2.27. The highest BCUT2D eigenvalue weighted by atomic mass is 16.6. The summed E-state index contributed by atoms with van der Waals surface area (Å²) in [6, 6.07) is -0.803. The number of rotatable bonds is 7. The van der Waals surface area contributed by atoms with Gasteiger partial charge in [0.15, 0.2) is 5.76 Å². The first-order valence-corrected chi connectivity index (χ1v) is 8.47. The molecule has 142 valence electrons. The number of hydrogen-bond donors (Lipinski definition) is 3. The summed E-state index contributed by atoms with van der Waals surface area (Å²) in [7, 11) is 0. The Morgan fingerprint density at radius 1 is 1.32 bits per heavy atom. The molecule has 1 heterocycles. The second-order valence-corrected chi connectivity index (χ2v) is 7.13. The summed E-state index contributed by atoms with van der Waals surface area (Å²) < 4.78 is 10.6. The Kier molecular flexibility index (Phi) is 6.98. The number of nitrogens with one attached hydrogen (secondary N) is 2. The van der Waals surface area contributed by atoms with E-state index >= 15 is 0 Å². The van der Waals surface area contributed by atoms with Crippen LogP contribution in [-0.2, 0) is 15.1 Å². The highest BCUT2D eigenvalue weighted by Crippen LogP contribution is 2.26. The number of amides is 2. The van der Waals surface area contributed by atoms with Gasteiger partial charge < -0.3 is 19.6 Å². The Balaban J connectivity index is 2.75. The van der Waals surface area contributed by atoms with Crippen molar-refractivity contribution in [2.24, 2.45) is 0 Å². The molecule has 2 amide bonds. The SMILES string of the molecule is CCCC(NC(=O)OC(C)(C)C)C(=O)Nc1ncc(C(C)(O)CC)o1. The third-order valence-electron chi connectivity index (χ3n) is 3.54. The molecule has 3 N–H and O–H groups in total. The van der Waals surface area contributed by atoms with Gasteiger partial charge in [0, 0.05) is 0 Å². The molecule has 8 heteroatoms. The topological polar surface area (TPSA) is 114 Å². The molecule has 0 aromatic carbocycles. The fraction of sp³-hybridized carbons (Fsp3) is 0.706. The third-order valence-corrected chi connectivity index (χ3v) is 3.54. The minimum absolute atomic E-state index is 0.0270. The molecule has 0 bridgehead atoms. The standard InChI is InChI=1S/C17H29N3O5/c1-7-9-11(19-15(22)25-16(3,4)5)13(21)20-14-18-10-12(24-14)17(6,23)8-2/h10-11,23H,7-9H2,1-6H3,(H,19,22)(H,18,20,21). The normalized spacial score (nSPS) is 15.2. The largest absolute Gasteiger partial charge is 0.444 e. The molecule has 1 aromatic heterocycles. The summed E-state index contributed by atoms with van der Waals surface area (Å²) in [6.45, 7) is 10.5. The van der Waals surface area contributed by atoms with E-state index in [4.69, 9.17) is 9.15 Å². The quantitative estimate of drug-likeness (QED) is 0.693. The van der Waals surface area contributed by atoms with Gasteiger partial charge in [-0.3, -0.25) is 10.1 Å². The summed E-state index contributed by atoms with van der Waals surface area (Å²) in [5.41, 5.74) is -1.81. The molecule has 1 rings (SSSR count). The zero-order chi connectivity index (χ0) is 19.3. The number of aromatic nitrogens is 1. The fourth-order valence-corrected chi connectivity index (χ4v) is 1.95. The molecular formula is C17H29N3O5. The molecule has 8 nitrogen and oxygen atoms in total. The van der Waals surface area contributed by atoms with Crippen molar-refractivity contribution in [2.45, 2.75) is 78.0 Å². The van der Waals surface area contributed by atoms with Crippen LogP contribution in [0, 0.1) is 0 Å². The first-order chi connectivity index (χ1) is 11.5. The van der Waals surface area contributed by atoms with Crippen molar-refractivity contribution in [3.8, 4) is 0 Å². The van der Waals surface area contributed by atoms with Gasteiger partial charge in [-0.1, -0.05) is 20.3 Å². The van der Waals surface area contributed by atoms with E-state index < -0.39 is 29.2 Å². The number of hydrogen-bond acceptors (Lipinski definition) is 6. The number of alkyl carbamates (subject to hydrolysis) is 1. The third kappa shape index (κ3) is 6.74. The average Bonchev–Trinajstić information content (AvgIpc) is 2.94. The number of aliphatic hydroxyl groups is 1. The lowest BCUT2D eigenvalue weighted by atomic mass is 10.0. The van der Waals surface area contributed by atoms with Crippen molar-refractivity contribution in [1.29, 1.82) is 0 Å². The highest BCUT2D eigenvalue weighted by molar-refractivity contribution is 5.95. The summed E-state index contributed by atoms with van der Waals surface area (Å²) in [5.74, 6) is -0.199. The van der Waals surface area contributed by atoms with E-state index in [1.807, 2.05) is 13.8 Å². The number of carbonyl (C=O) groups is 2. The van der Waals surface area contributed by atoms with E-state index in [2.05, 4.69) is 15.6 Å². The second kappa shape index (κ2) is 8.33. The van der Waals surface area contributed by atoms with Gasteiger partial charge in [-0.15, -0.1) is 0 Å². The Bertz CT molecular complexity index is 589. The molecule has 2 atom stereocenters. The molecule has 25 heavy (non-hydrogen) atoms. The first-order valence-electron chi connectivity index (χ1n) is 8.47. The molecule has 0 aliphatic heterocycles. The maximum absolute atomic E-state index is 12.4. The number of ether oxygens (including phenoxy) is 1. The lowest BCUT2D eigenvalue weighted by Gasteiger charge is -2.22. The van der Waals surface area contributed by atoms with Crippen molar-refractivity contribution in [3.63, 3.8) is 0 Å². The van der Waals surface area contributed by atoms with Gasteiger partial charge in [0.2, 0.25) is 0 Å². The van der Waals surface area contributed by atoms with Gasteiger partial charge in [0.1, 0.15) is 17.2 Å². The first kappa shape index (κ1) is 21.0. The van der Waals surface area contributed by atoms with Crippen LogP contribution in [0.25, 0.3) is 0 Å². The average molecular weight is 355 g/mol. The minimum atomic E-state index is -1.16. The van der Waals surface area contributed by atoms with Gasteiger partial charge in [-0.05, 0) is 40.5 Å². The molecule has 0 spiro atoms. The van der Waals surface area contributed by atoms with E-state index in [0.29, 0.717) is 19.3 Å². The number of carbonyl (C=O) groups excluding carboxylic acids is 2. The van der Waals surface area contributed by atoms with Crippen molar-refractivity contribution in [2.75, 3.05) is 5.32 Å². The minimum Gasteiger partial charge on any atom is -0.444 e. The predicted molar refractivity (Wildman–Crippen MR) is 93.1 cm³/mol. The van der Waals surface area contributed by atoms with Gasteiger partial charge >= 0.3 is 12.1 Å². The maximum atomic E-state index is 12.4. The molecule has 1 aromatic rings. The monoisotopic (exact) mass is 355 g/mol. The van der Waals surface area contributed by atoms with E-state index in [0.717, 1.165) is 0 Å². The van der Waals surface area contributed by atoms with Crippen LogP contribution < -0.4 is 10.6 Å². The Morgan fingerprint density at radius 3 is 2.48 bits per heavy atom. The molecule has 0 saturated heterocycles. The number of anilines is 1. The number of nitrogens with zero attached hydrogens (tertiary/aromatic N) is 1. The maximum Gasteiger partial charge on any atom is 0.408 e. The van der Waals surface area contributed by atoms with E-state index in [9.17, 15) is 14.7 Å². The van der Waals surface area contributed by atoms with Gasteiger partial charge in [0.05, 0.1) is 6.20 Å². The molecule has 0 aliphatic rings. The highest BCUT2D eigenvalue weighted by Gasteiger charge is 2.28. The van der Waals surface area contributed by atoms with Crippen molar-refractivity contribution in [3.05, 3.63) is 12.0 Å². The van der Waals surface area contributed by atoms with Crippen LogP contribution in [-0.4, -0.2) is 33.7 Å². The summed E-state index contributed by atoms with van der Waals surface area (Å²) in [5, 5.41) is 15.2. The summed E-state index contributed by atoms with van der Waals surface area (Å²) >= 11 is 0. The molecule has 0 radical (unpaired) electrons. The van der Waals surface area contributed by atoms with Crippen LogP contribution in [0.5, 0.6) is 0 Å². The van der Waals surface area contributed by atoms with Crippen molar-refractivity contribution < 1.29 is 23.8 Å². The van der Waals surface area contributed by atoms with Crippen LogP contribution in [0.15, 0.2) is 10.6 Å². The zero-order valence-corrected chi connectivity index (χ0v) is 15.8. The zero-order valence-electron chi connectivity index (χ0n) is 15.8. The smallest absolute Gasteiger partial charge is 0.408 e. The van der Waals surface area contributed by atoms with E-state index in [1.165, 1.54) is 6.20 Å². The lowest BCUT2D eigenvalue weighted by Crippen LogP contribution is -2.45. The van der Waals surface area contributed by atoms with Crippen LogP contribution in [0.3, 0.4) is 0 Å². The van der Waals surface area contributed by atoms with Crippen LogP contribution in [0.4, 0.5) is 10.8 Å². The van der Waals surface area contributed by atoms with E-state index in [1.54, 1.807) is 27.7 Å². The molecule has 0 fully saturated rings. The van der Waals surface area contributed by atoms with Gasteiger partial charge in [-0.2, -0.15) is 0 Å². The molecule has 0 saturated carbocycles. The predicted octanol–water partition coefficient (Wildman–Crippen LogP) is 2.92. The second-order valence-electron chi connectivity index (χ2n) is 7.13. The lowest BCUT2D eigenvalue weighted by molar-refractivity contribution is -0.118. The molecular weight excluding hydrogens is 326 g/mol. The van der Waals surface area contributed by atoms with Gasteiger partial charge in [-0.25, -0.2) is 9.78 Å². The van der Waals surface area contributed by atoms with Crippen LogP contribution in [0.2, 0.25) is 0 Å². The Morgan fingerprint density at radius 2 is 1.96 bits per heavy atom.